The van der Waals surface area contributed by atoms with Crippen LogP contribution in [0.5, 0.6) is 0 Å². The highest BCUT2D eigenvalue weighted by Gasteiger charge is 2.37. The smallest absolute Gasteiger partial charge is 0.431 e. The van der Waals surface area contributed by atoms with Crippen LogP contribution in [0.2, 0.25) is 0 Å². The fourth-order valence-corrected chi connectivity index (χ4v) is 0.667. The molecule has 0 unspecified atom stereocenters. The number of rotatable bonds is 4. The van der Waals surface area contributed by atoms with E-state index in [2.05, 4.69) is 9.84 Å². The maximum atomic E-state index is 12.2. The van der Waals surface area contributed by atoms with E-state index in [1.807, 2.05) is 0 Å². The minimum Gasteiger partial charge on any atom is -0.466 e. The molecule has 1 amide bonds. The Labute approximate surface area is 88.1 Å². The molecule has 0 heterocycles. The molecule has 0 saturated heterocycles. The van der Waals surface area contributed by atoms with Crippen molar-refractivity contribution in [1.82, 2.24) is 5.43 Å². The third kappa shape index (κ3) is 5.83. The molecular weight excluding hydrogens is 233 g/mol. The molecule has 0 spiro atoms. The van der Waals surface area contributed by atoms with Gasteiger partial charge in [0.1, 0.15) is 0 Å². The van der Waals surface area contributed by atoms with Crippen LogP contribution in [0.4, 0.5) is 18.0 Å². The van der Waals surface area contributed by atoms with Crippen molar-refractivity contribution >= 4 is 17.8 Å². The predicted octanol–water partition coefficient (Wildman–Crippen LogP) is 1.13. The van der Waals surface area contributed by atoms with E-state index in [1.165, 1.54) is 12.3 Å². The summed E-state index contributed by atoms with van der Waals surface area (Å²) in [6.45, 7) is 1.36. The minimum absolute atomic E-state index is 0.0731. The van der Waals surface area contributed by atoms with Gasteiger partial charge in [-0.15, -0.1) is 0 Å². The molecule has 16 heavy (non-hydrogen) atoms. The van der Waals surface area contributed by atoms with Crippen LogP contribution in [0.3, 0.4) is 0 Å². The summed E-state index contributed by atoms with van der Waals surface area (Å²) in [4.78, 5) is 20.7. The quantitative estimate of drug-likeness (QED) is 0.439. The summed E-state index contributed by atoms with van der Waals surface area (Å²) in [6.07, 6.45) is -7.79. The molecule has 0 aliphatic carbocycles. The minimum atomic E-state index is -4.89. The van der Waals surface area contributed by atoms with Gasteiger partial charge in [0.05, 0.1) is 13.0 Å². The molecule has 0 aromatic heterocycles. The Morgan fingerprint density at radius 1 is 1.44 bits per heavy atom. The van der Waals surface area contributed by atoms with Crippen molar-refractivity contribution in [2.75, 3.05) is 6.61 Å². The van der Waals surface area contributed by atoms with Gasteiger partial charge in [0.25, 0.3) is 0 Å². The number of carbonyl (C=O) groups is 2. The zero-order valence-electron chi connectivity index (χ0n) is 8.17. The lowest BCUT2D eigenvalue weighted by atomic mass is 10.2. The van der Waals surface area contributed by atoms with E-state index in [0.717, 1.165) is 0 Å². The predicted molar refractivity (Wildman–Crippen MR) is 45.9 cm³/mol. The molecule has 0 aromatic rings. The lowest BCUT2D eigenvalue weighted by Crippen LogP contribution is -2.30. The summed E-state index contributed by atoms with van der Waals surface area (Å²) in [6, 6.07) is 0. The van der Waals surface area contributed by atoms with Crippen molar-refractivity contribution in [3.8, 4) is 0 Å². The standard InChI is InChI=1S/C7H9F3N2O4/c1-2-16-5(13)3-4(7(8,9)10)11-12-6(14)15/h12H,2-3H2,1H3,(H,14,15)/b11-4-. The number of esters is 1. The average Bonchev–Trinajstić information content (AvgIpc) is 2.10. The number of ether oxygens (including phenoxy) is 1. The van der Waals surface area contributed by atoms with Gasteiger partial charge in [-0.2, -0.15) is 18.3 Å². The van der Waals surface area contributed by atoms with Crippen LogP contribution in [0.15, 0.2) is 5.10 Å². The van der Waals surface area contributed by atoms with Gasteiger partial charge >= 0.3 is 18.2 Å². The lowest BCUT2D eigenvalue weighted by molar-refractivity contribution is -0.142. The van der Waals surface area contributed by atoms with E-state index in [1.54, 1.807) is 0 Å². The van der Waals surface area contributed by atoms with E-state index < -0.39 is 30.4 Å². The molecule has 0 fully saturated rings. The molecule has 0 rings (SSSR count). The molecule has 9 heteroatoms. The number of halogens is 3. The zero-order chi connectivity index (χ0) is 12.8. The number of nitrogens with zero attached hydrogens (tertiary/aromatic N) is 1. The molecule has 92 valence electrons. The number of amides is 1. The van der Waals surface area contributed by atoms with Crippen molar-refractivity contribution < 1.29 is 32.6 Å². The number of alkyl halides is 3. The van der Waals surface area contributed by atoms with Crippen LogP contribution in [0.25, 0.3) is 0 Å². The molecular formula is C7H9F3N2O4. The second-order valence-corrected chi connectivity index (χ2v) is 2.46. The van der Waals surface area contributed by atoms with Crippen LogP contribution in [0.1, 0.15) is 13.3 Å². The summed E-state index contributed by atoms with van der Waals surface area (Å²) in [5.41, 5.74) is -0.385. The SMILES string of the molecule is CCOC(=O)C/C(=N/NC(=O)O)C(F)(F)F. The second kappa shape index (κ2) is 5.93. The average molecular weight is 242 g/mol. The fraction of sp³-hybridized carbons (Fsp3) is 0.571. The maximum Gasteiger partial charge on any atom is 0.431 e. The summed E-state index contributed by atoms with van der Waals surface area (Å²) in [5.74, 6) is -1.13. The normalized spacial score (nSPS) is 12.1. The van der Waals surface area contributed by atoms with Crippen molar-refractivity contribution in [2.24, 2.45) is 5.10 Å². The molecule has 0 atom stereocenters. The molecule has 0 saturated carbocycles. The first-order valence-corrected chi connectivity index (χ1v) is 4.05. The van der Waals surface area contributed by atoms with Crippen molar-refractivity contribution in [1.29, 1.82) is 0 Å². The highest BCUT2D eigenvalue weighted by atomic mass is 19.4. The van der Waals surface area contributed by atoms with Gasteiger partial charge in [0, 0.05) is 0 Å². The van der Waals surface area contributed by atoms with Gasteiger partial charge in [-0.1, -0.05) is 0 Å². The third-order valence-corrected chi connectivity index (χ3v) is 1.23. The number of nitrogens with one attached hydrogen (secondary N) is 1. The Morgan fingerprint density at radius 2 is 2.00 bits per heavy atom. The highest BCUT2D eigenvalue weighted by Crippen LogP contribution is 2.19. The van der Waals surface area contributed by atoms with Gasteiger partial charge in [-0.05, 0) is 6.92 Å². The highest BCUT2D eigenvalue weighted by molar-refractivity contribution is 6.02. The molecule has 0 aliphatic heterocycles. The van der Waals surface area contributed by atoms with Gasteiger partial charge in [0.15, 0.2) is 5.71 Å². The first-order chi connectivity index (χ1) is 7.27. The van der Waals surface area contributed by atoms with Gasteiger partial charge in [-0.3, -0.25) is 4.79 Å². The Bertz CT molecular complexity index is 300. The molecule has 0 radical (unpaired) electrons. The van der Waals surface area contributed by atoms with Crippen LogP contribution in [-0.2, 0) is 9.53 Å². The van der Waals surface area contributed by atoms with E-state index in [-0.39, 0.29) is 6.61 Å². The van der Waals surface area contributed by atoms with Crippen molar-refractivity contribution in [3.05, 3.63) is 0 Å². The van der Waals surface area contributed by atoms with E-state index in [4.69, 9.17) is 5.11 Å². The van der Waals surface area contributed by atoms with E-state index >= 15 is 0 Å². The lowest BCUT2D eigenvalue weighted by Gasteiger charge is -2.09. The van der Waals surface area contributed by atoms with Crippen LogP contribution < -0.4 is 5.43 Å². The summed E-state index contributed by atoms with van der Waals surface area (Å²) < 4.78 is 40.9. The molecule has 6 nitrogen and oxygen atoms in total. The molecule has 0 aliphatic rings. The van der Waals surface area contributed by atoms with E-state index in [9.17, 15) is 22.8 Å². The number of carbonyl (C=O) groups excluding carboxylic acids is 1. The largest absolute Gasteiger partial charge is 0.466 e. The number of hydrazone groups is 1. The Morgan fingerprint density at radius 3 is 2.38 bits per heavy atom. The molecule has 0 bridgehead atoms. The van der Waals surface area contributed by atoms with Gasteiger partial charge < -0.3 is 9.84 Å². The topological polar surface area (TPSA) is 88.0 Å². The first kappa shape index (κ1) is 14.2. The van der Waals surface area contributed by atoms with Gasteiger partial charge in [-0.25, -0.2) is 10.2 Å². The van der Waals surface area contributed by atoms with Crippen molar-refractivity contribution in [2.45, 2.75) is 19.5 Å². The summed E-state index contributed by atoms with van der Waals surface area (Å²) in [5, 5.41) is 10.6. The van der Waals surface area contributed by atoms with Crippen molar-refractivity contribution in [3.63, 3.8) is 0 Å². The molecule has 2 N–H and O–H groups in total. The zero-order valence-corrected chi connectivity index (χ0v) is 8.17. The summed E-state index contributed by atoms with van der Waals surface area (Å²) in [7, 11) is 0. The van der Waals surface area contributed by atoms with E-state index in [0.29, 0.717) is 0 Å². The Hall–Kier alpha value is -1.80. The monoisotopic (exact) mass is 242 g/mol. The van der Waals surface area contributed by atoms with Gasteiger partial charge in [0.2, 0.25) is 0 Å². The third-order valence-electron chi connectivity index (χ3n) is 1.23. The van der Waals surface area contributed by atoms with Crippen LogP contribution in [-0.4, -0.2) is 35.7 Å². The number of carboxylic acid groups (broad SMARTS) is 1. The number of hydrogen-bond acceptors (Lipinski definition) is 4. The Kier molecular flexibility index (Phi) is 5.26. The van der Waals surface area contributed by atoms with Crippen LogP contribution in [0, 0.1) is 0 Å². The second-order valence-electron chi connectivity index (χ2n) is 2.46. The molecule has 0 aromatic carbocycles. The van der Waals surface area contributed by atoms with Crippen LogP contribution >= 0.6 is 0 Å². The maximum absolute atomic E-state index is 12.2. The number of hydrogen-bond donors (Lipinski definition) is 2. The first-order valence-electron chi connectivity index (χ1n) is 4.05. The summed E-state index contributed by atoms with van der Waals surface area (Å²) >= 11 is 0. The Balaban J connectivity index is 4.63. The fourth-order valence-electron chi connectivity index (χ4n) is 0.667.